The number of carbonyl (C=O) groups excluding carboxylic acids is 1. The van der Waals surface area contributed by atoms with Crippen molar-refractivity contribution >= 4 is 17.6 Å². The molecule has 0 heterocycles. The highest BCUT2D eigenvalue weighted by atomic mass is 16.1. The number of amides is 1. The number of hydrogen-bond acceptors (Lipinski definition) is 2. The third-order valence-corrected chi connectivity index (χ3v) is 3.82. The van der Waals surface area contributed by atoms with Gasteiger partial charge in [-0.25, -0.2) is 4.99 Å². The lowest BCUT2D eigenvalue weighted by molar-refractivity contribution is -0.114. The summed E-state index contributed by atoms with van der Waals surface area (Å²) in [6, 6.07) is 17.6. The van der Waals surface area contributed by atoms with E-state index in [4.69, 9.17) is 6.42 Å². The third-order valence-electron chi connectivity index (χ3n) is 3.82. The van der Waals surface area contributed by atoms with E-state index >= 15 is 0 Å². The quantitative estimate of drug-likeness (QED) is 0.293. The zero-order valence-corrected chi connectivity index (χ0v) is 15.7. The molecule has 2 aromatic rings. The molecule has 2 rings (SSSR count). The zero-order valence-electron chi connectivity index (χ0n) is 15.7. The molecule has 0 saturated carbocycles. The maximum Gasteiger partial charge on any atom is 0.246 e. The predicted octanol–water partition coefficient (Wildman–Crippen LogP) is 2.79. The molecule has 0 aliphatic rings. The molecule has 27 heavy (non-hydrogen) atoms. The van der Waals surface area contributed by atoms with Crippen molar-refractivity contribution < 1.29 is 4.79 Å². The van der Waals surface area contributed by atoms with Crippen LogP contribution in [0.4, 0.5) is 5.69 Å². The van der Waals surface area contributed by atoms with E-state index in [1.165, 1.54) is 5.56 Å². The van der Waals surface area contributed by atoms with Gasteiger partial charge in [0.25, 0.3) is 0 Å². The van der Waals surface area contributed by atoms with E-state index in [1.54, 1.807) is 12.1 Å². The lowest BCUT2D eigenvalue weighted by atomic mass is 10.1. The van der Waals surface area contributed by atoms with E-state index in [1.807, 2.05) is 37.3 Å². The van der Waals surface area contributed by atoms with E-state index in [0.717, 1.165) is 31.5 Å². The van der Waals surface area contributed by atoms with Gasteiger partial charge >= 0.3 is 0 Å². The number of aliphatic imine (C=N–C) groups is 1. The number of benzene rings is 2. The van der Waals surface area contributed by atoms with E-state index in [2.05, 4.69) is 39.0 Å². The Morgan fingerprint density at radius 3 is 2.67 bits per heavy atom. The number of hydrogen-bond donors (Lipinski definition) is 3. The van der Waals surface area contributed by atoms with Gasteiger partial charge in [0.2, 0.25) is 5.91 Å². The molecule has 0 radical (unpaired) electrons. The van der Waals surface area contributed by atoms with Crippen LogP contribution in [-0.4, -0.2) is 31.5 Å². The summed E-state index contributed by atoms with van der Waals surface area (Å²) < 4.78 is 0. The van der Waals surface area contributed by atoms with Gasteiger partial charge in [-0.15, -0.1) is 6.42 Å². The van der Waals surface area contributed by atoms with Crippen LogP contribution in [0.5, 0.6) is 0 Å². The number of nitrogens with one attached hydrogen (secondary N) is 3. The van der Waals surface area contributed by atoms with Gasteiger partial charge in [-0.05, 0) is 43.5 Å². The van der Waals surface area contributed by atoms with Crippen molar-refractivity contribution in [2.75, 3.05) is 25.0 Å². The summed E-state index contributed by atoms with van der Waals surface area (Å²) in [5.74, 6) is 3.00. The second-order valence-corrected chi connectivity index (χ2v) is 5.98. The lowest BCUT2D eigenvalue weighted by Crippen LogP contribution is -2.38. The van der Waals surface area contributed by atoms with Crippen LogP contribution in [0.3, 0.4) is 0 Å². The molecular formula is C22H26N4O. The maximum atomic E-state index is 12.1. The minimum absolute atomic E-state index is 0.0360. The summed E-state index contributed by atoms with van der Waals surface area (Å²) >= 11 is 0. The summed E-state index contributed by atoms with van der Waals surface area (Å²) in [6.07, 6.45) is 7.36. The fraction of sp³-hybridized carbons (Fsp3) is 0.273. The molecule has 3 N–H and O–H groups in total. The van der Waals surface area contributed by atoms with Crippen LogP contribution in [0.2, 0.25) is 0 Å². The number of guanidine groups is 1. The molecule has 0 bridgehead atoms. The second-order valence-electron chi connectivity index (χ2n) is 5.98. The van der Waals surface area contributed by atoms with Gasteiger partial charge in [-0.2, -0.15) is 0 Å². The van der Waals surface area contributed by atoms with Crippen molar-refractivity contribution in [1.82, 2.24) is 10.6 Å². The molecule has 140 valence electrons. The van der Waals surface area contributed by atoms with E-state index in [-0.39, 0.29) is 12.5 Å². The normalized spacial score (nSPS) is 10.7. The van der Waals surface area contributed by atoms with Gasteiger partial charge in [0.15, 0.2) is 5.96 Å². The Morgan fingerprint density at radius 2 is 1.93 bits per heavy atom. The van der Waals surface area contributed by atoms with E-state index in [0.29, 0.717) is 11.6 Å². The molecule has 0 spiro atoms. The molecule has 0 unspecified atom stereocenters. The number of carbonyl (C=O) groups is 1. The highest BCUT2D eigenvalue weighted by Crippen LogP contribution is 2.09. The van der Waals surface area contributed by atoms with Crippen LogP contribution in [0, 0.1) is 12.3 Å². The Hall–Kier alpha value is -3.26. The maximum absolute atomic E-state index is 12.1. The average molecular weight is 362 g/mol. The molecule has 0 aliphatic heterocycles. The minimum Gasteiger partial charge on any atom is -0.357 e. The van der Waals surface area contributed by atoms with Crippen molar-refractivity contribution in [3.8, 4) is 12.3 Å². The molecule has 0 fully saturated rings. The number of terminal acetylenes is 1. The minimum atomic E-state index is -0.189. The molecule has 1 amide bonds. The van der Waals surface area contributed by atoms with E-state index in [9.17, 15) is 4.79 Å². The van der Waals surface area contributed by atoms with Crippen LogP contribution < -0.4 is 16.0 Å². The molecular weight excluding hydrogens is 336 g/mol. The standard InChI is InChI=1S/C22H26N4O/c1-3-18-12-8-14-20(16-18)26-21(27)17-25-22(23-4-2)24-15-9-13-19-10-6-5-7-11-19/h1,5-8,10-12,14,16H,4,9,13,15,17H2,2H3,(H,26,27)(H2,23,24,25). The Bertz CT molecular complexity index is 793. The van der Waals surface area contributed by atoms with Gasteiger partial charge in [0.1, 0.15) is 6.54 Å². The first-order valence-corrected chi connectivity index (χ1v) is 9.14. The third kappa shape index (κ3) is 7.66. The largest absolute Gasteiger partial charge is 0.357 e. The molecule has 0 aromatic heterocycles. The van der Waals surface area contributed by atoms with Gasteiger partial charge < -0.3 is 16.0 Å². The number of nitrogens with zero attached hydrogens (tertiary/aromatic N) is 1. The van der Waals surface area contributed by atoms with Crippen LogP contribution in [0.15, 0.2) is 59.6 Å². The second kappa shape index (κ2) is 11.4. The smallest absolute Gasteiger partial charge is 0.246 e. The average Bonchev–Trinajstić information content (AvgIpc) is 2.70. The highest BCUT2D eigenvalue weighted by Gasteiger charge is 2.04. The first-order valence-electron chi connectivity index (χ1n) is 9.14. The van der Waals surface area contributed by atoms with Crippen molar-refractivity contribution in [3.05, 3.63) is 65.7 Å². The topological polar surface area (TPSA) is 65.5 Å². The molecule has 0 saturated heterocycles. The van der Waals surface area contributed by atoms with Crippen LogP contribution >= 0.6 is 0 Å². The fourth-order valence-electron chi connectivity index (χ4n) is 2.52. The Labute approximate surface area is 161 Å². The molecule has 0 atom stereocenters. The number of aryl methyl sites for hydroxylation is 1. The van der Waals surface area contributed by atoms with Crippen molar-refractivity contribution in [1.29, 1.82) is 0 Å². The molecule has 2 aromatic carbocycles. The monoisotopic (exact) mass is 362 g/mol. The first kappa shape index (κ1) is 20.1. The van der Waals surface area contributed by atoms with Crippen molar-refractivity contribution in [2.45, 2.75) is 19.8 Å². The van der Waals surface area contributed by atoms with Crippen molar-refractivity contribution in [3.63, 3.8) is 0 Å². The summed E-state index contributed by atoms with van der Waals surface area (Å²) in [5.41, 5.74) is 2.71. The Kier molecular flexibility index (Phi) is 8.45. The molecule has 5 heteroatoms. The number of rotatable bonds is 8. The van der Waals surface area contributed by atoms with Crippen LogP contribution in [-0.2, 0) is 11.2 Å². The Morgan fingerprint density at radius 1 is 1.11 bits per heavy atom. The fourth-order valence-corrected chi connectivity index (χ4v) is 2.52. The highest BCUT2D eigenvalue weighted by molar-refractivity contribution is 5.94. The van der Waals surface area contributed by atoms with E-state index < -0.39 is 0 Å². The van der Waals surface area contributed by atoms with Crippen LogP contribution in [0.25, 0.3) is 0 Å². The lowest BCUT2D eigenvalue weighted by Gasteiger charge is -2.11. The SMILES string of the molecule is C#Cc1cccc(NC(=O)CN=C(NCC)NCCCc2ccccc2)c1. The van der Waals surface area contributed by atoms with Gasteiger partial charge in [-0.1, -0.05) is 42.3 Å². The summed E-state index contributed by atoms with van der Waals surface area (Å²) in [7, 11) is 0. The summed E-state index contributed by atoms with van der Waals surface area (Å²) in [6.45, 7) is 3.55. The predicted molar refractivity (Wildman–Crippen MR) is 112 cm³/mol. The van der Waals surface area contributed by atoms with Gasteiger partial charge in [0, 0.05) is 24.3 Å². The van der Waals surface area contributed by atoms with Crippen LogP contribution in [0.1, 0.15) is 24.5 Å². The summed E-state index contributed by atoms with van der Waals surface area (Å²) in [5, 5.41) is 9.22. The van der Waals surface area contributed by atoms with Crippen molar-refractivity contribution in [2.24, 2.45) is 4.99 Å². The zero-order chi connectivity index (χ0) is 19.3. The van der Waals surface area contributed by atoms with Gasteiger partial charge in [-0.3, -0.25) is 4.79 Å². The molecule has 5 nitrogen and oxygen atoms in total. The van der Waals surface area contributed by atoms with Gasteiger partial charge in [0.05, 0.1) is 0 Å². The number of anilines is 1. The Balaban J connectivity index is 1.79. The first-order chi connectivity index (χ1) is 13.2. The summed E-state index contributed by atoms with van der Waals surface area (Å²) in [4.78, 5) is 16.4. The molecule has 0 aliphatic carbocycles.